The van der Waals surface area contributed by atoms with Crippen LogP contribution in [0.2, 0.25) is 0 Å². The normalized spacial score (nSPS) is 11.5. The predicted molar refractivity (Wildman–Crippen MR) is 52.3 cm³/mol. The van der Waals surface area contributed by atoms with Crippen molar-refractivity contribution in [3.8, 4) is 0 Å². The van der Waals surface area contributed by atoms with Gasteiger partial charge in [0.25, 0.3) is 0 Å². The number of amides is 1. The topological polar surface area (TPSA) is 55.1 Å². The van der Waals surface area contributed by atoms with Crippen LogP contribution in [0.3, 0.4) is 0 Å². The highest BCUT2D eigenvalue weighted by Crippen LogP contribution is 1.97. The molecular weight excluding hydrogens is 184 g/mol. The molecule has 5 heteroatoms. The molecule has 0 radical (unpaired) electrons. The van der Waals surface area contributed by atoms with Gasteiger partial charge < -0.3 is 11.1 Å². The SMILES string of the molecule is CNC(=O)C(N)CCSC.Cl. The summed E-state index contributed by atoms with van der Waals surface area (Å²) in [6, 6.07) is -0.336. The van der Waals surface area contributed by atoms with Crippen LogP contribution in [0.4, 0.5) is 0 Å². The van der Waals surface area contributed by atoms with E-state index in [4.69, 9.17) is 5.73 Å². The molecule has 0 heterocycles. The number of nitrogens with one attached hydrogen (secondary N) is 1. The molecule has 11 heavy (non-hydrogen) atoms. The first-order valence-corrected chi connectivity index (χ1v) is 4.58. The highest BCUT2D eigenvalue weighted by molar-refractivity contribution is 7.98. The minimum Gasteiger partial charge on any atom is -0.358 e. The van der Waals surface area contributed by atoms with E-state index < -0.39 is 0 Å². The zero-order valence-corrected chi connectivity index (χ0v) is 8.43. The lowest BCUT2D eigenvalue weighted by Gasteiger charge is -2.07. The van der Waals surface area contributed by atoms with E-state index in [0.717, 1.165) is 12.2 Å². The molecule has 0 aromatic rings. The first-order chi connectivity index (χ1) is 4.72. The fraction of sp³-hybridized carbons (Fsp3) is 0.833. The maximum atomic E-state index is 10.8. The Bertz CT molecular complexity index is 113. The van der Waals surface area contributed by atoms with Gasteiger partial charge in [0.05, 0.1) is 6.04 Å². The highest BCUT2D eigenvalue weighted by atomic mass is 35.5. The van der Waals surface area contributed by atoms with E-state index in [0.29, 0.717) is 0 Å². The Labute approximate surface area is 77.9 Å². The Balaban J connectivity index is 0. The van der Waals surface area contributed by atoms with Crippen molar-refractivity contribution in [1.82, 2.24) is 5.32 Å². The summed E-state index contributed by atoms with van der Waals surface area (Å²) in [6.07, 6.45) is 2.75. The Morgan fingerprint density at radius 3 is 2.64 bits per heavy atom. The van der Waals surface area contributed by atoms with Gasteiger partial charge in [-0.15, -0.1) is 12.4 Å². The second-order valence-electron chi connectivity index (χ2n) is 2.00. The van der Waals surface area contributed by atoms with Crippen molar-refractivity contribution in [3.05, 3.63) is 0 Å². The number of carbonyl (C=O) groups is 1. The molecule has 0 saturated heterocycles. The number of thioether (sulfide) groups is 1. The second-order valence-corrected chi connectivity index (χ2v) is 2.99. The largest absolute Gasteiger partial charge is 0.358 e. The van der Waals surface area contributed by atoms with Crippen molar-refractivity contribution in [1.29, 1.82) is 0 Å². The summed E-state index contributed by atoms with van der Waals surface area (Å²) in [4.78, 5) is 10.8. The molecule has 0 aromatic carbocycles. The number of halogens is 1. The number of rotatable bonds is 4. The van der Waals surface area contributed by atoms with Crippen molar-refractivity contribution >= 4 is 30.1 Å². The molecule has 0 aliphatic carbocycles. The first-order valence-electron chi connectivity index (χ1n) is 3.18. The maximum Gasteiger partial charge on any atom is 0.236 e. The van der Waals surface area contributed by atoms with Crippen LogP contribution in [0.15, 0.2) is 0 Å². The summed E-state index contributed by atoms with van der Waals surface area (Å²) in [7, 11) is 1.60. The molecule has 68 valence electrons. The van der Waals surface area contributed by atoms with Gasteiger partial charge in [-0.05, 0) is 18.4 Å². The lowest BCUT2D eigenvalue weighted by molar-refractivity contribution is -0.121. The van der Waals surface area contributed by atoms with Crippen molar-refractivity contribution in [2.24, 2.45) is 5.73 Å². The lowest BCUT2D eigenvalue weighted by Crippen LogP contribution is -2.38. The van der Waals surface area contributed by atoms with Gasteiger partial charge in [-0.25, -0.2) is 0 Å². The zero-order valence-electron chi connectivity index (χ0n) is 6.79. The van der Waals surface area contributed by atoms with E-state index in [1.165, 1.54) is 0 Å². The minimum atomic E-state index is -0.336. The lowest BCUT2D eigenvalue weighted by atomic mass is 10.2. The number of carbonyl (C=O) groups excluding carboxylic acids is 1. The highest BCUT2D eigenvalue weighted by Gasteiger charge is 2.09. The molecule has 1 atom stereocenters. The Hall–Kier alpha value is 0.0700. The molecule has 0 aliphatic rings. The van der Waals surface area contributed by atoms with Gasteiger partial charge in [0, 0.05) is 7.05 Å². The van der Waals surface area contributed by atoms with Gasteiger partial charge in [0.15, 0.2) is 0 Å². The van der Waals surface area contributed by atoms with E-state index in [9.17, 15) is 4.79 Å². The van der Waals surface area contributed by atoms with E-state index in [2.05, 4.69) is 5.32 Å². The van der Waals surface area contributed by atoms with Crippen LogP contribution >= 0.6 is 24.2 Å². The molecule has 0 fully saturated rings. The molecule has 1 amide bonds. The predicted octanol–water partition coefficient (Wildman–Crippen LogP) is 0.235. The average molecular weight is 199 g/mol. The summed E-state index contributed by atoms with van der Waals surface area (Å²) in [5.74, 6) is 0.864. The summed E-state index contributed by atoms with van der Waals surface area (Å²) in [5.41, 5.74) is 5.49. The Morgan fingerprint density at radius 1 is 1.73 bits per heavy atom. The van der Waals surface area contributed by atoms with Gasteiger partial charge in [-0.3, -0.25) is 4.79 Å². The average Bonchev–Trinajstić information content (AvgIpc) is 1.98. The number of likely N-dealkylation sites (N-methyl/N-ethyl adjacent to an activating group) is 1. The third-order valence-corrected chi connectivity index (χ3v) is 1.86. The van der Waals surface area contributed by atoms with Gasteiger partial charge in [-0.1, -0.05) is 0 Å². The summed E-state index contributed by atoms with van der Waals surface area (Å²) < 4.78 is 0. The summed E-state index contributed by atoms with van der Waals surface area (Å²) in [5, 5.41) is 2.50. The van der Waals surface area contributed by atoms with Gasteiger partial charge in [0.1, 0.15) is 0 Å². The molecule has 0 rings (SSSR count). The van der Waals surface area contributed by atoms with Crippen molar-refractivity contribution < 1.29 is 4.79 Å². The third-order valence-electron chi connectivity index (χ3n) is 1.22. The Kier molecular flexibility index (Phi) is 10.1. The standard InChI is InChI=1S/C6H14N2OS.ClH/c1-8-6(9)5(7)3-4-10-2;/h5H,3-4,7H2,1-2H3,(H,8,9);1H. The van der Waals surface area contributed by atoms with Crippen LogP contribution in [0.25, 0.3) is 0 Å². The Morgan fingerprint density at radius 2 is 2.27 bits per heavy atom. The van der Waals surface area contributed by atoms with Gasteiger partial charge in [-0.2, -0.15) is 11.8 Å². The molecule has 0 aromatic heterocycles. The molecule has 1 unspecified atom stereocenters. The van der Waals surface area contributed by atoms with Crippen LogP contribution in [0.1, 0.15) is 6.42 Å². The van der Waals surface area contributed by atoms with Crippen molar-refractivity contribution in [2.45, 2.75) is 12.5 Å². The van der Waals surface area contributed by atoms with Crippen LogP contribution in [0, 0.1) is 0 Å². The second kappa shape index (κ2) is 8.17. The van der Waals surface area contributed by atoms with Crippen LogP contribution in [-0.4, -0.2) is 31.0 Å². The first kappa shape index (κ1) is 13.6. The van der Waals surface area contributed by atoms with Crippen LogP contribution in [-0.2, 0) is 4.79 Å². The smallest absolute Gasteiger partial charge is 0.236 e. The molecule has 0 spiro atoms. The number of nitrogens with two attached hydrogens (primary N) is 1. The van der Waals surface area contributed by atoms with Crippen LogP contribution < -0.4 is 11.1 Å². The maximum absolute atomic E-state index is 10.8. The summed E-state index contributed by atoms with van der Waals surface area (Å²) in [6.45, 7) is 0. The van der Waals surface area contributed by atoms with E-state index in [-0.39, 0.29) is 24.4 Å². The van der Waals surface area contributed by atoms with E-state index in [1.807, 2.05) is 6.26 Å². The third kappa shape index (κ3) is 6.47. The van der Waals surface area contributed by atoms with Crippen LogP contribution in [0.5, 0.6) is 0 Å². The quantitative estimate of drug-likeness (QED) is 0.681. The van der Waals surface area contributed by atoms with Crippen molar-refractivity contribution in [2.75, 3.05) is 19.1 Å². The monoisotopic (exact) mass is 198 g/mol. The number of hydrogen-bond donors (Lipinski definition) is 2. The minimum absolute atomic E-state index is 0. The van der Waals surface area contributed by atoms with Gasteiger partial charge >= 0.3 is 0 Å². The van der Waals surface area contributed by atoms with Gasteiger partial charge in [0.2, 0.25) is 5.91 Å². The molecule has 0 saturated carbocycles. The molecular formula is C6H15ClN2OS. The zero-order chi connectivity index (χ0) is 7.98. The molecule has 3 N–H and O–H groups in total. The van der Waals surface area contributed by atoms with E-state index >= 15 is 0 Å². The number of hydrogen-bond acceptors (Lipinski definition) is 3. The molecule has 3 nitrogen and oxygen atoms in total. The van der Waals surface area contributed by atoms with E-state index in [1.54, 1.807) is 18.8 Å². The molecule has 0 bridgehead atoms. The molecule has 0 aliphatic heterocycles. The van der Waals surface area contributed by atoms with Crippen molar-refractivity contribution in [3.63, 3.8) is 0 Å². The fourth-order valence-electron chi connectivity index (χ4n) is 0.561. The summed E-state index contributed by atoms with van der Waals surface area (Å²) >= 11 is 1.70. The fourth-order valence-corrected chi connectivity index (χ4v) is 1.05.